The Morgan fingerprint density at radius 1 is 0.926 bits per heavy atom. The van der Waals surface area contributed by atoms with Gasteiger partial charge < -0.3 is 15.0 Å². The molecule has 4 heterocycles. The molecule has 0 atom stereocenters. The number of ether oxygens (including phenoxy) is 1. The maximum Gasteiger partial charge on any atom is 0.245 e. The zero-order valence-corrected chi connectivity index (χ0v) is 16.4. The van der Waals surface area contributed by atoms with Gasteiger partial charge in [0.15, 0.2) is 11.6 Å². The van der Waals surface area contributed by atoms with E-state index in [-0.39, 0.29) is 0 Å². The molecule has 0 amide bonds. The summed E-state index contributed by atoms with van der Waals surface area (Å²) in [4.78, 5) is 14.0. The van der Waals surface area contributed by atoms with Gasteiger partial charge in [0.2, 0.25) is 11.3 Å². The van der Waals surface area contributed by atoms with Crippen LogP contribution in [-0.2, 0) is 4.74 Å². The first kappa shape index (κ1) is 18.7. The molecule has 4 rings (SSSR count). The third-order valence-electron chi connectivity index (χ3n) is 4.95. The van der Waals surface area contributed by atoms with Crippen molar-refractivity contribution in [2.24, 2.45) is 0 Å². The average molecular weight is 394 g/mol. The molecule has 1 N–H and O–H groups in total. The van der Waals surface area contributed by atoms with Crippen molar-refractivity contribution >= 4 is 34.7 Å². The van der Waals surface area contributed by atoms with Crippen LogP contribution in [-0.4, -0.2) is 89.2 Å². The monoisotopic (exact) mass is 393 g/mol. The Hall–Kier alpha value is -1.65. The van der Waals surface area contributed by atoms with Crippen LogP contribution in [0.25, 0.3) is 11.3 Å². The van der Waals surface area contributed by atoms with E-state index in [0.29, 0.717) is 11.3 Å². The number of anilines is 2. The Bertz CT molecular complexity index is 716. The molecule has 27 heavy (non-hydrogen) atoms. The van der Waals surface area contributed by atoms with Gasteiger partial charge in [-0.15, -0.1) is 0 Å². The van der Waals surface area contributed by atoms with E-state index in [1.165, 1.54) is 12.8 Å². The molecule has 0 spiro atoms. The van der Waals surface area contributed by atoms with Crippen LogP contribution in [0.3, 0.4) is 0 Å². The first-order chi connectivity index (χ1) is 13.4. The lowest BCUT2D eigenvalue weighted by Crippen LogP contribution is -2.36. The maximum atomic E-state index is 5.39. The van der Waals surface area contributed by atoms with Gasteiger partial charge in [-0.3, -0.25) is 4.90 Å². The molecule has 2 aliphatic heterocycles. The summed E-state index contributed by atoms with van der Waals surface area (Å²) in [7, 11) is 0. The molecule has 0 aromatic carbocycles. The topological polar surface area (TPSA) is 92.4 Å². The van der Waals surface area contributed by atoms with Crippen LogP contribution in [0.2, 0.25) is 0 Å². The molecule has 2 saturated heterocycles. The van der Waals surface area contributed by atoms with E-state index >= 15 is 0 Å². The minimum Gasteiger partial charge on any atom is -0.379 e. The fourth-order valence-corrected chi connectivity index (χ4v) is 4.32. The van der Waals surface area contributed by atoms with Crippen LogP contribution in [0, 0.1) is 0 Å². The van der Waals surface area contributed by atoms with Crippen molar-refractivity contribution in [3.8, 4) is 0 Å². The van der Waals surface area contributed by atoms with Crippen LogP contribution < -0.4 is 10.2 Å². The van der Waals surface area contributed by atoms with E-state index in [2.05, 4.69) is 35.4 Å². The van der Waals surface area contributed by atoms with Crippen molar-refractivity contribution in [2.45, 2.75) is 19.3 Å². The Labute approximate surface area is 163 Å². The van der Waals surface area contributed by atoms with Crippen LogP contribution in [0.15, 0.2) is 4.63 Å². The molecule has 0 aliphatic carbocycles. The molecular weight excluding hydrogens is 366 g/mol. The first-order valence-corrected chi connectivity index (χ1v) is 10.9. The molecule has 0 bridgehead atoms. The van der Waals surface area contributed by atoms with Crippen molar-refractivity contribution < 1.29 is 9.37 Å². The highest BCUT2D eigenvalue weighted by molar-refractivity contribution is 7.99. The lowest BCUT2D eigenvalue weighted by Gasteiger charge is -2.28. The molecule has 9 nitrogen and oxygen atoms in total. The fourth-order valence-electron chi connectivity index (χ4n) is 3.41. The summed E-state index contributed by atoms with van der Waals surface area (Å²) in [5.41, 5.74) is 0.930. The summed E-state index contributed by atoms with van der Waals surface area (Å²) in [5.74, 6) is 3.88. The second-order valence-corrected chi connectivity index (χ2v) is 8.07. The number of nitrogens with one attached hydrogen (secondary N) is 1. The zero-order valence-electron chi connectivity index (χ0n) is 15.6. The SMILES string of the molecule is C(CCNc1nc2nonc2nc1N1CCSCC1)CCN1CCOCC1. The van der Waals surface area contributed by atoms with E-state index in [0.717, 1.165) is 82.0 Å². The van der Waals surface area contributed by atoms with Gasteiger partial charge >= 0.3 is 0 Å². The standard InChI is InChI=1S/C17H27N7O2S/c1(3-5-23-6-10-25-11-7-23)2-4-18-16-17(24-8-12-27-13-9-24)20-15-14(19-16)21-26-22-15/h1-13H2,(H,18,19,21). The summed E-state index contributed by atoms with van der Waals surface area (Å²) in [5, 5.41) is 11.2. The van der Waals surface area contributed by atoms with E-state index in [4.69, 9.17) is 9.37 Å². The predicted octanol–water partition coefficient (Wildman–Crippen LogP) is 1.48. The summed E-state index contributed by atoms with van der Waals surface area (Å²) < 4.78 is 10.2. The highest BCUT2D eigenvalue weighted by atomic mass is 32.2. The predicted molar refractivity (Wildman–Crippen MR) is 107 cm³/mol. The zero-order chi connectivity index (χ0) is 18.3. The number of nitrogens with zero attached hydrogens (tertiary/aromatic N) is 6. The molecule has 2 aliphatic rings. The number of fused-ring (bicyclic) bond motifs is 1. The summed E-state index contributed by atoms with van der Waals surface area (Å²) in [6, 6.07) is 0. The first-order valence-electron chi connectivity index (χ1n) is 9.77. The van der Waals surface area contributed by atoms with Crippen LogP contribution in [0.5, 0.6) is 0 Å². The van der Waals surface area contributed by atoms with Gasteiger partial charge in [0, 0.05) is 44.2 Å². The molecule has 0 radical (unpaired) electrons. The van der Waals surface area contributed by atoms with Gasteiger partial charge in [0.25, 0.3) is 0 Å². The minimum absolute atomic E-state index is 0.458. The largest absolute Gasteiger partial charge is 0.379 e. The fraction of sp³-hybridized carbons (Fsp3) is 0.765. The van der Waals surface area contributed by atoms with Gasteiger partial charge in [0.1, 0.15) is 0 Å². The second kappa shape index (κ2) is 9.52. The number of aromatic nitrogens is 4. The highest BCUT2D eigenvalue weighted by Gasteiger charge is 2.20. The third-order valence-corrected chi connectivity index (χ3v) is 5.90. The number of hydrogen-bond donors (Lipinski definition) is 1. The van der Waals surface area contributed by atoms with Gasteiger partial charge in [0.05, 0.1) is 13.2 Å². The Morgan fingerprint density at radius 3 is 2.52 bits per heavy atom. The van der Waals surface area contributed by atoms with Crippen molar-refractivity contribution in [3.63, 3.8) is 0 Å². The summed E-state index contributed by atoms with van der Waals surface area (Å²) in [6.45, 7) is 7.87. The molecule has 0 saturated carbocycles. The van der Waals surface area contributed by atoms with E-state index < -0.39 is 0 Å². The molecule has 0 unspecified atom stereocenters. The number of morpholine rings is 1. The van der Waals surface area contributed by atoms with E-state index in [1.54, 1.807) is 0 Å². The van der Waals surface area contributed by atoms with Gasteiger partial charge in [-0.1, -0.05) is 6.42 Å². The average Bonchev–Trinajstić information content (AvgIpc) is 3.19. The summed E-state index contributed by atoms with van der Waals surface area (Å²) in [6.07, 6.45) is 3.52. The number of hydrogen-bond acceptors (Lipinski definition) is 10. The van der Waals surface area contributed by atoms with Crippen molar-refractivity contribution in [2.75, 3.05) is 74.2 Å². The molecular formula is C17H27N7O2S. The normalized spacial score (nSPS) is 18.9. The van der Waals surface area contributed by atoms with Crippen molar-refractivity contribution in [1.29, 1.82) is 0 Å². The van der Waals surface area contributed by atoms with Crippen molar-refractivity contribution in [3.05, 3.63) is 0 Å². The number of unbranched alkanes of at least 4 members (excludes halogenated alkanes) is 2. The maximum absolute atomic E-state index is 5.39. The second-order valence-electron chi connectivity index (χ2n) is 6.85. The molecule has 148 valence electrons. The smallest absolute Gasteiger partial charge is 0.245 e. The van der Waals surface area contributed by atoms with Crippen LogP contribution in [0.1, 0.15) is 19.3 Å². The van der Waals surface area contributed by atoms with E-state index in [9.17, 15) is 0 Å². The number of rotatable bonds is 8. The molecule has 2 fully saturated rings. The van der Waals surface area contributed by atoms with Crippen LogP contribution in [0.4, 0.5) is 11.6 Å². The number of thioether (sulfide) groups is 1. The minimum atomic E-state index is 0.458. The third kappa shape index (κ3) is 4.99. The Morgan fingerprint density at radius 2 is 1.70 bits per heavy atom. The molecule has 10 heteroatoms. The van der Waals surface area contributed by atoms with Gasteiger partial charge in [-0.25, -0.2) is 14.6 Å². The lowest BCUT2D eigenvalue weighted by molar-refractivity contribution is 0.0372. The lowest BCUT2D eigenvalue weighted by atomic mass is 10.2. The molecule has 2 aromatic heterocycles. The summed E-state index contributed by atoms with van der Waals surface area (Å²) >= 11 is 1.97. The van der Waals surface area contributed by atoms with E-state index in [1.807, 2.05) is 11.8 Å². The van der Waals surface area contributed by atoms with Gasteiger partial charge in [-0.05, 0) is 29.7 Å². The van der Waals surface area contributed by atoms with Crippen molar-refractivity contribution in [1.82, 2.24) is 25.2 Å². The molecule has 2 aromatic rings. The Kier molecular flexibility index (Phi) is 6.59. The van der Waals surface area contributed by atoms with Gasteiger partial charge in [-0.2, -0.15) is 11.8 Å². The van der Waals surface area contributed by atoms with Crippen LogP contribution >= 0.6 is 11.8 Å². The quantitative estimate of drug-likeness (QED) is 0.665. The Balaban J connectivity index is 1.29. The highest BCUT2D eigenvalue weighted by Crippen LogP contribution is 2.26.